The van der Waals surface area contributed by atoms with Gasteiger partial charge in [-0.2, -0.15) is 0 Å². The standard InChI is InChI=1S/C22H21Cl2F5N4O3/c1-20(13-10-30-12-31-11-13,19(35)32-14-6-8-21(26,27)9-7-14)33(18(34)17(23)25)15-2-4-16(5-3-15)36-22(24,28)29/h2-5,10-12,14,17H,6-9H2,1H3,(H,32,35)/t17-,20?/m0/s1. The van der Waals surface area contributed by atoms with E-state index in [2.05, 4.69) is 20.0 Å². The van der Waals surface area contributed by atoms with Crippen LogP contribution in [-0.4, -0.2) is 44.9 Å². The van der Waals surface area contributed by atoms with Gasteiger partial charge in [0, 0.05) is 54.1 Å². The van der Waals surface area contributed by atoms with Gasteiger partial charge in [0.1, 0.15) is 12.1 Å². The molecule has 1 saturated carbocycles. The molecule has 7 nitrogen and oxygen atoms in total. The molecule has 196 valence electrons. The summed E-state index contributed by atoms with van der Waals surface area (Å²) in [5, 5.41) is 2.65. The minimum Gasteiger partial charge on any atom is -0.420 e. The smallest absolute Gasteiger partial charge is 0.420 e. The van der Waals surface area contributed by atoms with Crippen molar-refractivity contribution in [2.24, 2.45) is 0 Å². The van der Waals surface area contributed by atoms with Gasteiger partial charge in [-0.25, -0.2) is 23.1 Å². The molecule has 0 radical (unpaired) electrons. The molecule has 0 saturated heterocycles. The van der Waals surface area contributed by atoms with Crippen LogP contribution in [-0.2, 0) is 15.1 Å². The molecule has 1 aromatic heterocycles. The molecule has 0 bridgehead atoms. The Labute approximate surface area is 212 Å². The minimum absolute atomic E-state index is 0.0199. The lowest BCUT2D eigenvalue weighted by atomic mass is 9.87. The third kappa shape index (κ3) is 6.52. The van der Waals surface area contributed by atoms with Crippen LogP contribution in [0.2, 0.25) is 0 Å². The summed E-state index contributed by atoms with van der Waals surface area (Å²) in [6.07, 6.45) is 2.68. The molecule has 1 aliphatic rings. The molecular formula is C22H21Cl2F5N4O3. The van der Waals surface area contributed by atoms with Crippen molar-refractivity contribution in [3.63, 3.8) is 0 Å². The second-order valence-corrected chi connectivity index (χ2v) is 9.14. The van der Waals surface area contributed by atoms with Crippen molar-refractivity contribution in [1.82, 2.24) is 15.3 Å². The molecule has 1 aliphatic carbocycles. The maximum absolute atomic E-state index is 14.2. The van der Waals surface area contributed by atoms with Crippen molar-refractivity contribution in [3.8, 4) is 5.75 Å². The van der Waals surface area contributed by atoms with E-state index in [4.69, 9.17) is 23.2 Å². The number of halogens is 7. The van der Waals surface area contributed by atoms with Crippen molar-refractivity contribution >= 4 is 40.7 Å². The average Bonchev–Trinajstić information content (AvgIpc) is 2.81. The maximum Gasteiger partial charge on any atom is 0.487 e. The van der Waals surface area contributed by atoms with E-state index < -0.39 is 53.4 Å². The van der Waals surface area contributed by atoms with Gasteiger partial charge in [0.2, 0.25) is 5.92 Å². The summed E-state index contributed by atoms with van der Waals surface area (Å²) in [6, 6.07) is 3.64. The number of aromatic nitrogens is 2. The zero-order valence-corrected chi connectivity index (χ0v) is 20.2. The maximum atomic E-state index is 14.2. The van der Waals surface area contributed by atoms with Gasteiger partial charge >= 0.3 is 5.57 Å². The third-order valence-corrected chi connectivity index (χ3v) is 6.06. The zero-order chi connectivity index (χ0) is 26.7. The van der Waals surface area contributed by atoms with Crippen molar-refractivity contribution in [2.75, 3.05) is 4.90 Å². The van der Waals surface area contributed by atoms with Gasteiger partial charge in [-0.3, -0.25) is 14.5 Å². The fraction of sp³-hybridized carbons (Fsp3) is 0.455. The number of amides is 2. The molecular weight excluding hydrogens is 534 g/mol. The number of nitrogens with zero attached hydrogens (tertiary/aromatic N) is 3. The number of hydrogen-bond acceptors (Lipinski definition) is 5. The predicted molar refractivity (Wildman–Crippen MR) is 121 cm³/mol. The monoisotopic (exact) mass is 554 g/mol. The van der Waals surface area contributed by atoms with Crippen LogP contribution in [0.25, 0.3) is 0 Å². The molecule has 2 amide bonds. The number of hydrogen-bond donors (Lipinski definition) is 1. The molecule has 1 unspecified atom stereocenters. The van der Waals surface area contributed by atoms with Crippen LogP contribution in [0.1, 0.15) is 38.2 Å². The highest BCUT2D eigenvalue weighted by atomic mass is 35.5. The third-order valence-electron chi connectivity index (χ3n) is 5.80. The molecule has 3 rings (SSSR count). The Kier molecular flexibility index (Phi) is 8.29. The Morgan fingerprint density at radius 2 is 1.72 bits per heavy atom. The summed E-state index contributed by atoms with van der Waals surface area (Å²) < 4.78 is 71.6. The molecule has 1 aromatic carbocycles. The Morgan fingerprint density at radius 3 is 2.22 bits per heavy atom. The van der Waals surface area contributed by atoms with Crippen molar-refractivity contribution in [2.45, 2.75) is 61.3 Å². The summed E-state index contributed by atoms with van der Waals surface area (Å²) in [7, 11) is 0. The van der Waals surface area contributed by atoms with E-state index in [1.54, 1.807) is 0 Å². The highest BCUT2D eigenvalue weighted by Crippen LogP contribution is 2.38. The Morgan fingerprint density at radius 1 is 1.17 bits per heavy atom. The number of ether oxygens (including phenoxy) is 1. The van der Waals surface area contributed by atoms with Crippen LogP contribution in [0.4, 0.5) is 27.6 Å². The highest BCUT2D eigenvalue weighted by molar-refractivity contribution is 6.32. The number of benzene rings is 1. The largest absolute Gasteiger partial charge is 0.487 e. The normalized spacial score (nSPS) is 18.6. The predicted octanol–water partition coefficient (Wildman–Crippen LogP) is 5.12. The molecule has 14 heteroatoms. The molecule has 2 atom stereocenters. The van der Waals surface area contributed by atoms with Gasteiger partial charge in [-0.15, -0.1) is 8.78 Å². The van der Waals surface area contributed by atoms with Gasteiger partial charge in [0.05, 0.1) is 0 Å². The van der Waals surface area contributed by atoms with Crippen LogP contribution in [0.15, 0.2) is 43.0 Å². The van der Waals surface area contributed by atoms with Gasteiger partial charge in [-0.05, 0) is 44.0 Å². The van der Waals surface area contributed by atoms with E-state index in [0.717, 1.165) is 35.5 Å². The van der Waals surface area contributed by atoms with E-state index in [-0.39, 0.29) is 29.8 Å². The van der Waals surface area contributed by atoms with E-state index >= 15 is 0 Å². The Balaban J connectivity index is 2.04. The molecule has 0 aliphatic heterocycles. The van der Waals surface area contributed by atoms with Crippen LogP contribution in [0.3, 0.4) is 0 Å². The topological polar surface area (TPSA) is 84.4 Å². The number of alkyl halides is 7. The lowest BCUT2D eigenvalue weighted by Crippen LogP contribution is -2.60. The number of rotatable bonds is 8. The summed E-state index contributed by atoms with van der Waals surface area (Å²) in [6.45, 7) is 1.27. The number of anilines is 1. The fourth-order valence-corrected chi connectivity index (χ4v) is 4.11. The van der Waals surface area contributed by atoms with Crippen LogP contribution in [0.5, 0.6) is 5.75 Å². The zero-order valence-electron chi connectivity index (χ0n) is 18.7. The van der Waals surface area contributed by atoms with Crippen molar-refractivity contribution in [3.05, 3.63) is 48.5 Å². The Bertz CT molecular complexity index is 1060. The first-order valence-electron chi connectivity index (χ1n) is 10.7. The number of nitrogens with one attached hydrogen (secondary N) is 1. The van der Waals surface area contributed by atoms with Crippen LogP contribution >= 0.6 is 23.2 Å². The summed E-state index contributed by atoms with van der Waals surface area (Å²) in [4.78, 5) is 35.1. The first kappa shape index (κ1) is 27.9. The quantitative estimate of drug-likeness (QED) is 0.361. The number of carbonyl (C=O) groups excluding carboxylic acids is 2. The van der Waals surface area contributed by atoms with Crippen LogP contribution < -0.4 is 15.0 Å². The SMILES string of the molecule is CC(C(=O)NC1CCC(F)(F)CC1)(c1cncnc1)N(C(=O)[C@H](F)Cl)c1ccc(OC(F)(F)Cl)cc1. The van der Waals surface area contributed by atoms with E-state index in [1.807, 2.05) is 0 Å². The average molecular weight is 555 g/mol. The van der Waals surface area contributed by atoms with Crippen molar-refractivity contribution < 1.29 is 36.3 Å². The molecule has 0 spiro atoms. The van der Waals surface area contributed by atoms with Gasteiger partial charge < -0.3 is 10.1 Å². The lowest BCUT2D eigenvalue weighted by Gasteiger charge is -2.41. The number of carbonyl (C=O) groups is 2. The van der Waals surface area contributed by atoms with Gasteiger partial charge in [0.15, 0.2) is 5.54 Å². The second-order valence-electron chi connectivity index (χ2n) is 8.32. The first-order chi connectivity index (χ1) is 16.7. The molecule has 1 heterocycles. The van der Waals surface area contributed by atoms with Crippen molar-refractivity contribution in [1.29, 1.82) is 0 Å². The second kappa shape index (κ2) is 10.7. The minimum atomic E-state index is -4.01. The molecule has 1 fully saturated rings. The summed E-state index contributed by atoms with van der Waals surface area (Å²) in [5.74, 6) is -5.43. The molecule has 2 aromatic rings. The highest BCUT2D eigenvalue weighted by Gasteiger charge is 2.48. The Hall–Kier alpha value is -2.73. The van der Waals surface area contributed by atoms with E-state index in [9.17, 15) is 31.5 Å². The first-order valence-corrected chi connectivity index (χ1v) is 11.5. The van der Waals surface area contributed by atoms with Gasteiger partial charge in [0.25, 0.3) is 17.4 Å². The van der Waals surface area contributed by atoms with E-state index in [0.29, 0.717) is 0 Å². The van der Waals surface area contributed by atoms with Gasteiger partial charge in [-0.1, -0.05) is 11.6 Å². The van der Waals surface area contributed by atoms with Crippen LogP contribution in [0, 0.1) is 0 Å². The fourth-order valence-electron chi connectivity index (χ4n) is 3.92. The molecule has 1 N–H and O–H groups in total. The summed E-state index contributed by atoms with van der Waals surface area (Å²) in [5.41, 5.74) is -8.72. The summed E-state index contributed by atoms with van der Waals surface area (Å²) >= 11 is 10.2. The lowest BCUT2D eigenvalue weighted by molar-refractivity contribution is -0.132. The van der Waals surface area contributed by atoms with E-state index in [1.165, 1.54) is 19.3 Å². The molecule has 36 heavy (non-hydrogen) atoms.